The van der Waals surface area contributed by atoms with E-state index in [1.165, 1.54) is 68.1 Å². The summed E-state index contributed by atoms with van der Waals surface area (Å²) in [6.45, 7) is 8.55. The smallest absolute Gasteiger partial charge is 0.290 e. The van der Waals surface area contributed by atoms with Crippen LogP contribution < -0.4 is 0 Å². The van der Waals surface area contributed by atoms with Crippen LogP contribution in [-0.4, -0.2) is 74.1 Å². The summed E-state index contributed by atoms with van der Waals surface area (Å²) in [6, 6.07) is 0. The van der Waals surface area contributed by atoms with Gasteiger partial charge in [-0.25, -0.2) is 15.0 Å². The van der Waals surface area contributed by atoms with Gasteiger partial charge in [-0.3, -0.25) is 19.4 Å². The van der Waals surface area contributed by atoms with Crippen molar-refractivity contribution in [2.24, 2.45) is 11.8 Å². The van der Waals surface area contributed by atoms with Gasteiger partial charge in [0.1, 0.15) is 6.33 Å². The lowest BCUT2D eigenvalue weighted by atomic mass is 9.78. The Kier molecular flexibility index (Phi) is 11.8. The van der Waals surface area contributed by atoms with Crippen molar-refractivity contribution in [3.63, 3.8) is 0 Å². The SMILES string of the molecule is Cc1nc(CN2CCC(C3CCN(Cc4cncnc4)CC3)CC2)cs1.O=CO.O=CO. The van der Waals surface area contributed by atoms with Crippen LogP contribution in [0.2, 0.25) is 0 Å². The van der Waals surface area contributed by atoms with E-state index in [1.54, 1.807) is 17.7 Å². The van der Waals surface area contributed by atoms with Crippen LogP contribution in [0.15, 0.2) is 24.1 Å². The Morgan fingerprint density at radius 2 is 1.41 bits per heavy atom. The first-order valence-electron chi connectivity index (χ1n) is 10.8. The minimum absolute atomic E-state index is 0.250. The van der Waals surface area contributed by atoms with Crippen LogP contribution in [0, 0.1) is 18.8 Å². The molecule has 10 heteroatoms. The lowest BCUT2D eigenvalue weighted by Crippen LogP contribution is -2.40. The maximum Gasteiger partial charge on any atom is 0.290 e. The number of carboxylic acid groups (broad SMARTS) is 2. The van der Waals surface area contributed by atoms with Crippen LogP contribution in [0.4, 0.5) is 0 Å². The first-order chi connectivity index (χ1) is 15.6. The second-order valence-corrected chi connectivity index (χ2v) is 9.10. The number of thiazole rings is 1. The van der Waals surface area contributed by atoms with Gasteiger partial charge >= 0.3 is 0 Å². The summed E-state index contributed by atoms with van der Waals surface area (Å²) < 4.78 is 0. The molecule has 2 aliphatic heterocycles. The molecule has 0 aromatic carbocycles. The van der Waals surface area contributed by atoms with Crippen molar-refractivity contribution in [1.29, 1.82) is 0 Å². The van der Waals surface area contributed by atoms with Crippen molar-refractivity contribution in [1.82, 2.24) is 24.8 Å². The van der Waals surface area contributed by atoms with Crippen molar-refractivity contribution in [3.8, 4) is 0 Å². The van der Waals surface area contributed by atoms with E-state index in [1.807, 2.05) is 12.4 Å². The molecule has 176 valence electrons. The normalized spacial score (nSPS) is 18.0. The third-order valence-corrected chi connectivity index (χ3v) is 6.83. The molecule has 2 aromatic heterocycles. The lowest BCUT2D eigenvalue weighted by molar-refractivity contribution is -0.123. The summed E-state index contributed by atoms with van der Waals surface area (Å²) in [5, 5.41) is 17.2. The van der Waals surface area contributed by atoms with Gasteiger partial charge in [-0.1, -0.05) is 0 Å². The average molecular weight is 464 g/mol. The quantitative estimate of drug-likeness (QED) is 0.645. The standard InChI is InChI=1S/C20H29N5S.2CH2O2/c1-16-23-20(14-26-16)13-25-8-4-19(5-9-25)18-2-6-24(7-3-18)12-17-10-21-15-22-11-17;2*2-1-3/h10-11,14-15,18-19H,2-9,12-13H2,1H3;2*1H,(H,2,3). The molecule has 0 saturated carbocycles. The Bertz CT molecular complexity index is 770. The van der Waals surface area contributed by atoms with Crippen LogP contribution in [0.3, 0.4) is 0 Å². The molecule has 0 radical (unpaired) electrons. The minimum atomic E-state index is -0.250. The van der Waals surface area contributed by atoms with E-state index in [0.29, 0.717) is 0 Å². The zero-order valence-electron chi connectivity index (χ0n) is 18.5. The monoisotopic (exact) mass is 463 g/mol. The third-order valence-electron chi connectivity index (χ3n) is 6.00. The van der Waals surface area contributed by atoms with Crippen LogP contribution in [0.25, 0.3) is 0 Å². The summed E-state index contributed by atoms with van der Waals surface area (Å²) in [6.07, 6.45) is 10.9. The number of hydrogen-bond donors (Lipinski definition) is 2. The molecule has 0 atom stereocenters. The van der Waals surface area contributed by atoms with Gasteiger partial charge < -0.3 is 10.2 Å². The van der Waals surface area contributed by atoms with Crippen molar-refractivity contribution >= 4 is 24.3 Å². The fourth-order valence-corrected chi connectivity index (χ4v) is 5.15. The second kappa shape index (κ2) is 14.6. The zero-order chi connectivity index (χ0) is 23.2. The molecule has 0 spiro atoms. The molecule has 2 fully saturated rings. The van der Waals surface area contributed by atoms with Gasteiger partial charge in [0.15, 0.2) is 0 Å². The van der Waals surface area contributed by atoms with E-state index < -0.39 is 0 Å². The molecule has 0 aliphatic carbocycles. The molecular weight excluding hydrogens is 430 g/mol. The Balaban J connectivity index is 0.000000547. The van der Waals surface area contributed by atoms with Crippen LogP contribution in [0.1, 0.15) is 41.9 Å². The average Bonchev–Trinajstić information content (AvgIpc) is 3.21. The summed E-state index contributed by atoms with van der Waals surface area (Å²) in [7, 11) is 0. The highest BCUT2D eigenvalue weighted by Gasteiger charge is 2.29. The molecule has 0 unspecified atom stereocenters. The number of piperidine rings is 2. The van der Waals surface area contributed by atoms with E-state index in [-0.39, 0.29) is 12.9 Å². The predicted molar refractivity (Wildman–Crippen MR) is 122 cm³/mol. The lowest BCUT2D eigenvalue weighted by Gasteiger charge is -2.40. The molecule has 4 heterocycles. The molecule has 9 nitrogen and oxygen atoms in total. The number of aromatic nitrogens is 3. The van der Waals surface area contributed by atoms with Gasteiger partial charge in [0, 0.05) is 36.4 Å². The summed E-state index contributed by atoms with van der Waals surface area (Å²) >= 11 is 1.77. The van der Waals surface area contributed by atoms with Crippen LogP contribution >= 0.6 is 11.3 Å². The first-order valence-corrected chi connectivity index (χ1v) is 11.7. The largest absolute Gasteiger partial charge is 0.483 e. The molecule has 0 amide bonds. The number of rotatable bonds is 5. The zero-order valence-corrected chi connectivity index (χ0v) is 19.4. The molecule has 4 rings (SSSR count). The second-order valence-electron chi connectivity index (χ2n) is 8.04. The number of aryl methyl sites for hydroxylation is 1. The maximum atomic E-state index is 8.36. The summed E-state index contributed by atoms with van der Waals surface area (Å²) in [5.74, 6) is 1.84. The van der Waals surface area contributed by atoms with Gasteiger partial charge in [-0.15, -0.1) is 11.3 Å². The Labute approximate surface area is 193 Å². The summed E-state index contributed by atoms with van der Waals surface area (Å²) in [5.41, 5.74) is 2.49. The highest BCUT2D eigenvalue weighted by molar-refractivity contribution is 7.09. The van der Waals surface area contributed by atoms with Gasteiger partial charge in [-0.05, 0) is 70.6 Å². The number of likely N-dealkylation sites (tertiary alicyclic amines) is 2. The molecule has 2 saturated heterocycles. The highest BCUT2D eigenvalue weighted by Crippen LogP contribution is 2.33. The predicted octanol–water partition coefficient (Wildman–Crippen LogP) is 2.77. The topological polar surface area (TPSA) is 120 Å². The molecule has 0 bridgehead atoms. The van der Waals surface area contributed by atoms with E-state index in [2.05, 4.69) is 37.1 Å². The van der Waals surface area contributed by atoms with Crippen LogP contribution in [0.5, 0.6) is 0 Å². The van der Waals surface area contributed by atoms with E-state index in [4.69, 9.17) is 19.8 Å². The molecule has 2 aromatic rings. The number of carbonyl (C=O) groups is 2. The fraction of sp³-hybridized carbons (Fsp3) is 0.591. The van der Waals surface area contributed by atoms with Crippen molar-refractivity contribution < 1.29 is 19.8 Å². The fourth-order valence-electron chi connectivity index (χ4n) is 4.54. The van der Waals surface area contributed by atoms with E-state index in [0.717, 1.165) is 24.9 Å². The number of nitrogens with zero attached hydrogens (tertiary/aromatic N) is 5. The van der Waals surface area contributed by atoms with E-state index >= 15 is 0 Å². The maximum absolute atomic E-state index is 8.36. The van der Waals surface area contributed by atoms with Crippen LogP contribution in [-0.2, 0) is 22.7 Å². The third kappa shape index (κ3) is 8.97. The minimum Gasteiger partial charge on any atom is -0.483 e. The first kappa shape index (κ1) is 25.8. The van der Waals surface area contributed by atoms with Gasteiger partial charge in [0.05, 0.1) is 10.7 Å². The Hall–Kier alpha value is -2.43. The number of hydrogen-bond acceptors (Lipinski definition) is 8. The highest BCUT2D eigenvalue weighted by atomic mass is 32.1. The van der Waals surface area contributed by atoms with Crippen molar-refractivity contribution in [2.45, 2.75) is 45.7 Å². The molecular formula is C22H33N5O4S. The van der Waals surface area contributed by atoms with Crippen molar-refractivity contribution in [2.75, 3.05) is 26.2 Å². The molecule has 32 heavy (non-hydrogen) atoms. The van der Waals surface area contributed by atoms with Crippen molar-refractivity contribution in [3.05, 3.63) is 40.4 Å². The Morgan fingerprint density at radius 3 is 1.84 bits per heavy atom. The molecule has 2 N–H and O–H groups in total. The van der Waals surface area contributed by atoms with Gasteiger partial charge in [0.2, 0.25) is 0 Å². The van der Waals surface area contributed by atoms with E-state index in [9.17, 15) is 0 Å². The Morgan fingerprint density at radius 1 is 0.938 bits per heavy atom. The van der Waals surface area contributed by atoms with Gasteiger partial charge in [0.25, 0.3) is 12.9 Å². The van der Waals surface area contributed by atoms with Gasteiger partial charge in [-0.2, -0.15) is 0 Å². The summed E-state index contributed by atoms with van der Waals surface area (Å²) in [4.78, 5) is 34.8. The molecule has 2 aliphatic rings.